The summed E-state index contributed by atoms with van der Waals surface area (Å²) in [4.78, 5) is 35.6. The molecule has 1 fully saturated rings. The third kappa shape index (κ3) is 4.67. The van der Waals surface area contributed by atoms with Gasteiger partial charge in [0.25, 0.3) is 5.91 Å². The van der Waals surface area contributed by atoms with Crippen molar-refractivity contribution >= 4 is 17.8 Å². The van der Waals surface area contributed by atoms with Crippen molar-refractivity contribution in [3.63, 3.8) is 0 Å². The van der Waals surface area contributed by atoms with E-state index in [1.807, 2.05) is 0 Å². The van der Waals surface area contributed by atoms with Crippen molar-refractivity contribution in [1.29, 1.82) is 0 Å². The summed E-state index contributed by atoms with van der Waals surface area (Å²) in [6.07, 6.45) is 0.0872. The minimum Gasteiger partial charge on any atom is -0.468 e. The lowest BCUT2D eigenvalue weighted by molar-refractivity contribution is -0.151. The van der Waals surface area contributed by atoms with Crippen LogP contribution in [0.1, 0.15) is 33.6 Å². The predicted octanol–water partition coefficient (Wildman–Crippen LogP) is -0.823. The summed E-state index contributed by atoms with van der Waals surface area (Å²) in [7, 11) is 1.29. The topological polar surface area (TPSA) is 108 Å². The highest BCUT2D eigenvalue weighted by molar-refractivity contribution is 5.89. The summed E-state index contributed by atoms with van der Waals surface area (Å²) >= 11 is 0. The van der Waals surface area contributed by atoms with Crippen molar-refractivity contribution in [3.8, 4) is 0 Å². The van der Waals surface area contributed by atoms with Crippen molar-refractivity contribution < 1.29 is 24.2 Å². The molecule has 1 rings (SSSR count). The summed E-state index contributed by atoms with van der Waals surface area (Å²) in [5, 5.41) is 13.5. The first-order valence-corrected chi connectivity index (χ1v) is 7.41. The molecular formula is C14H25N3O5. The third-order valence-electron chi connectivity index (χ3n) is 3.57. The highest BCUT2D eigenvalue weighted by atomic mass is 16.5. The van der Waals surface area contributed by atoms with Gasteiger partial charge in [0, 0.05) is 6.54 Å². The molecule has 1 aliphatic heterocycles. The van der Waals surface area contributed by atoms with Gasteiger partial charge in [0.05, 0.1) is 7.11 Å². The second kappa shape index (κ2) is 8.09. The van der Waals surface area contributed by atoms with E-state index in [1.165, 1.54) is 19.0 Å². The van der Waals surface area contributed by atoms with Crippen LogP contribution in [-0.2, 0) is 19.1 Å². The van der Waals surface area contributed by atoms with E-state index >= 15 is 0 Å². The Morgan fingerprint density at radius 2 is 1.95 bits per heavy atom. The number of amides is 2. The quantitative estimate of drug-likeness (QED) is 0.572. The van der Waals surface area contributed by atoms with Crippen LogP contribution in [0.5, 0.6) is 0 Å². The SMILES string of the molecule is COC(=O)[C@@H]1CCCN(C(=O)[C@H](C)NC(=O)[C@@H](O)C(C)C)N1. The average Bonchev–Trinajstić information content (AvgIpc) is 2.52. The Morgan fingerprint density at radius 1 is 1.32 bits per heavy atom. The van der Waals surface area contributed by atoms with Crippen LogP contribution >= 0.6 is 0 Å². The second-order valence-electron chi connectivity index (χ2n) is 5.76. The van der Waals surface area contributed by atoms with Gasteiger partial charge in [0.2, 0.25) is 5.91 Å². The molecule has 0 aromatic carbocycles. The molecule has 0 aliphatic carbocycles. The van der Waals surface area contributed by atoms with Crippen LogP contribution in [-0.4, -0.2) is 59.7 Å². The number of esters is 1. The molecule has 126 valence electrons. The molecule has 0 saturated carbocycles. The van der Waals surface area contributed by atoms with Crippen molar-refractivity contribution in [2.45, 2.75) is 51.8 Å². The van der Waals surface area contributed by atoms with Crippen molar-refractivity contribution in [1.82, 2.24) is 15.8 Å². The first-order valence-electron chi connectivity index (χ1n) is 7.41. The average molecular weight is 315 g/mol. The van der Waals surface area contributed by atoms with E-state index in [1.54, 1.807) is 13.8 Å². The maximum Gasteiger partial charge on any atom is 0.324 e. The number of carbonyl (C=O) groups is 3. The molecule has 0 spiro atoms. The van der Waals surface area contributed by atoms with Gasteiger partial charge in [-0.05, 0) is 25.7 Å². The molecule has 3 N–H and O–H groups in total. The molecule has 0 radical (unpaired) electrons. The second-order valence-corrected chi connectivity index (χ2v) is 5.76. The van der Waals surface area contributed by atoms with Gasteiger partial charge in [0.15, 0.2) is 0 Å². The van der Waals surface area contributed by atoms with Gasteiger partial charge in [-0.3, -0.25) is 19.4 Å². The lowest BCUT2D eigenvalue weighted by Crippen LogP contribution is -2.60. The maximum atomic E-state index is 12.3. The number of methoxy groups -OCH3 is 1. The molecule has 0 bridgehead atoms. The molecule has 2 amide bonds. The Bertz CT molecular complexity index is 427. The van der Waals surface area contributed by atoms with Crippen LogP contribution < -0.4 is 10.7 Å². The van der Waals surface area contributed by atoms with E-state index < -0.39 is 30.1 Å². The van der Waals surface area contributed by atoms with E-state index in [0.29, 0.717) is 19.4 Å². The third-order valence-corrected chi connectivity index (χ3v) is 3.57. The van der Waals surface area contributed by atoms with E-state index in [9.17, 15) is 19.5 Å². The van der Waals surface area contributed by atoms with E-state index in [-0.39, 0.29) is 11.8 Å². The Kier molecular flexibility index (Phi) is 6.76. The molecule has 8 heteroatoms. The van der Waals surface area contributed by atoms with Crippen LogP contribution in [0.2, 0.25) is 0 Å². The van der Waals surface area contributed by atoms with Crippen LogP contribution in [0.15, 0.2) is 0 Å². The fourth-order valence-electron chi connectivity index (χ4n) is 2.15. The summed E-state index contributed by atoms with van der Waals surface area (Å²) in [6, 6.07) is -1.36. The zero-order chi connectivity index (χ0) is 16.9. The highest BCUT2D eigenvalue weighted by Crippen LogP contribution is 2.10. The standard InChI is InChI=1S/C14H25N3O5/c1-8(2)11(18)12(19)15-9(3)13(20)17-7-5-6-10(16-17)14(21)22-4/h8-11,16,18H,5-7H2,1-4H3,(H,15,19)/t9-,10-,11-/m0/s1. The van der Waals surface area contributed by atoms with Gasteiger partial charge in [-0.25, -0.2) is 5.43 Å². The molecule has 0 aromatic heterocycles. The number of hydrogen-bond donors (Lipinski definition) is 3. The van der Waals surface area contributed by atoms with Gasteiger partial charge in [-0.1, -0.05) is 13.8 Å². The smallest absolute Gasteiger partial charge is 0.324 e. The molecule has 0 unspecified atom stereocenters. The van der Waals surface area contributed by atoms with Gasteiger partial charge >= 0.3 is 5.97 Å². The summed E-state index contributed by atoms with van der Waals surface area (Å²) < 4.78 is 4.66. The number of carbonyl (C=O) groups excluding carboxylic acids is 3. The molecular weight excluding hydrogens is 290 g/mol. The number of aliphatic hydroxyl groups is 1. The number of nitrogens with one attached hydrogen (secondary N) is 2. The van der Waals surface area contributed by atoms with Crippen LogP contribution in [0.3, 0.4) is 0 Å². The Morgan fingerprint density at radius 3 is 2.50 bits per heavy atom. The van der Waals surface area contributed by atoms with Gasteiger partial charge in [0.1, 0.15) is 18.2 Å². The molecule has 22 heavy (non-hydrogen) atoms. The van der Waals surface area contributed by atoms with Crippen molar-refractivity contribution in [2.75, 3.05) is 13.7 Å². The fourth-order valence-corrected chi connectivity index (χ4v) is 2.15. The molecule has 0 aromatic rings. The minimum absolute atomic E-state index is 0.237. The number of hydrazine groups is 1. The fraction of sp³-hybridized carbons (Fsp3) is 0.786. The summed E-state index contributed by atoms with van der Waals surface area (Å²) in [6.45, 7) is 5.41. The molecule has 1 aliphatic rings. The lowest BCUT2D eigenvalue weighted by Gasteiger charge is -2.34. The number of hydrogen-bond acceptors (Lipinski definition) is 6. The molecule has 3 atom stereocenters. The first kappa shape index (κ1) is 18.4. The Balaban J connectivity index is 2.59. The van der Waals surface area contributed by atoms with Crippen LogP contribution in [0.25, 0.3) is 0 Å². The Labute approximate surface area is 130 Å². The maximum absolute atomic E-state index is 12.3. The van der Waals surface area contributed by atoms with E-state index in [2.05, 4.69) is 15.5 Å². The van der Waals surface area contributed by atoms with E-state index in [4.69, 9.17) is 0 Å². The number of ether oxygens (including phenoxy) is 1. The van der Waals surface area contributed by atoms with Crippen LogP contribution in [0, 0.1) is 5.92 Å². The zero-order valence-electron chi connectivity index (χ0n) is 13.5. The Hall–Kier alpha value is -1.67. The minimum atomic E-state index is -1.16. The zero-order valence-corrected chi connectivity index (χ0v) is 13.5. The van der Waals surface area contributed by atoms with Gasteiger partial charge < -0.3 is 15.2 Å². The number of rotatable bonds is 5. The van der Waals surface area contributed by atoms with Gasteiger partial charge in [-0.15, -0.1) is 0 Å². The van der Waals surface area contributed by atoms with E-state index in [0.717, 1.165) is 0 Å². The van der Waals surface area contributed by atoms with Gasteiger partial charge in [-0.2, -0.15) is 0 Å². The summed E-state index contributed by atoms with van der Waals surface area (Å²) in [5.41, 5.74) is 2.81. The normalized spacial score (nSPS) is 21.2. The van der Waals surface area contributed by atoms with Crippen LogP contribution in [0.4, 0.5) is 0 Å². The predicted molar refractivity (Wildman–Crippen MR) is 78.3 cm³/mol. The molecule has 1 saturated heterocycles. The largest absolute Gasteiger partial charge is 0.468 e. The summed E-state index contributed by atoms with van der Waals surface area (Å²) in [5.74, 6) is -1.61. The van der Waals surface area contributed by atoms with Crippen molar-refractivity contribution in [3.05, 3.63) is 0 Å². The monoisotopic (exact) mass is 315 g/mol. The number of nitrogens with zero attached hydrogens (tertiary/aromatic N) is 1. The molecule has 1 heterocycles. The molecule has 8 nitrogen and oxygen atoms in total. The first-order chi connectivity index (χ1) is 10.3. The van der Waals surface area contributed by atoms with Crippen molar-refractivity contribution in [2.24, 2.45) is 5.92 Å². The lowest BCUT2D eigenvalue weighted by atomic mass is 10.1. The number of aliphatic hydroxyl groups excluding tert-OH is 1. The highest BCUT2D eigenvalue weighted by Gasteiger charge is 2.31.